The maximum absolute atomic E-state index is 10.7. The first-order chi connectivity index (χ1) is 8.51. The number of hydrogen-bond acceptors (Lipinski definition) is 4. The second kappa shape index (κ2) is 7.63. The van der Waals surface area contributed by atoms with E-state index in [-0.39, 0.29) is 5.75 Å². The minimum atomic E-state index is -3.33. The van der Waals surface area contributed by atoms with Crippen LogP contribution < -0.4 is 4.74 Å². The number of unbranched alkanes of at least 4 members (excludes halogenated alkanes) is 3. The Morgan fingerprint density at radius 2 is 2.06 bits per heavy atom. The van der Waals surface area contributed by atoms with E-state index in [4.69, 9.17) is 15.4 Å². The van der Waals surface area contributed by atoms with Crippen LogP contribution in [0.5, 0.6) is 5.75 Å². The Morgan fingerprint density at radius 1 is 1.33 bits per heavy atom. The topological polar surface area (TPSA) is 61.2 Å². The van der Waals surface area contributed by atoms with Gasteiger partial charge < -0.3 is 4.74 Å². The van der Waals surface area contributed by atoms with Gasteiger partial charge in [-0.1, -0.05) is 12.8 Å². The molecule has 1 aromatic rings. The van der Waals surface area contributed by atoms with Crippen LogP contribution in [0, 0.1) is 0 Å². The number of halogens is 1. The normalized spacial score (nSPS) is 11.7. The Labute approximate surface area is 113 Å². The molecule has 0 bridgehead atoms. The third-order valence-electron chi connectivity index (χ3n) is 2.48. The number of ether oxygens (including phenoxy) is 1. The van der Waals surface area contributed by atoms with Crippen LogP contribution >= 0.6 is 10.7 Å². The molecule has 5 nitrogen and oxygen atoms in total. The number of hydrogen-bond donors (Lipinski definition) is 0. The first kappa shape index (κ1) is 15.3. The van der Waals surface area contributed by atoms with Crippen molar-refractivity contribution >= 4 is 19.7 Å². The van der Waals surface area contributed by atoms with E-state index in [1.165, 1.54) is 0 Å². The van der Waals surface area contributed by atoms with E-state index in [0.29, 0.717) is 13.0 Å². The molecule has 0 N–H and O–H groups in total. The average Bonchev–Trinajstić information content (AvgIpc) is 2.74. The predicted molar refractivity (Wildman–Crippen MR) is 71.5 cm³/mol. The lowest BCUT2D eigenvalue weighted by Crippen LogP contribution is -1.99. The molecule has 0 aliphatic heterocycles. The van der Waals surface area contributed by atoms with Crippen molar-refractivity contribution in [1.29, 1.82) is 0 Å². The largest absolute Gasteiger partial charge is 0.490 e. The van der Waals surface area contributed by atoms with E-state index in [9.17, 15) is 8.42 Å². The molecule has 0 unspecified atom stereocenters. The van der Waals surface area contributed by atoms with Crippen molar-refractivity contribution in [3.8, 4) is 5.75 Å². The first-order valence-corrected chi connectivity index (χ1v) is 8.56. The van der Waals surface area contributed by atoms with E-state index in [0.717, 1.165) is 31.6 Å². The van der Waals surface area contributed by atoms with E-state index in [1.54, 1.807) is 10.9 Å². The third-order valence-corrected chi connectivity index (χ3v) is 3.72. The van der Waals surface area contributed by atoms with Gasteiger partial charge in [0.15, 0.2) is 5.75 Å². The van der Waals surface area contributed by atoms with Crippen LogP contribution in [-0.4, -0.2) is 30.6 Å². The molecule has 1 rings (SSSR count). The van der Waals surface area contributed by atoms with Crippen molar-refractivity contribution in [2.45, 2.75) is 39.2 Å². The van der Waals surface area contributed by atoms with E-state index >= 15 is 0 Å². The van der Waals surface area contributed by atoms with Gasteiger partial charge in [0.1, 0.15) is 0 Å². The molecule has 1 heterocycles. The van der Waals surface area contributed by atoms with Crippen LogP contribution in [0.25, 0.3) is 0 Å². The summed E-state index contributed by atoms with van der Waals surface area (Å²) in [4.78, 5) is 0. The Balaban J connectivity index is 2.02. The van der Waals surface area contributed by atoms with Gasteiger partial charge in [0.2, 0.25) is 9.05 Å². The van der Waals surface area contributed by atoms with E-state index in [1.807, 2.05) is 13.1 Å². The quantitative estimate of drug-likeness (QED) is 0.518. The number of aryl methyl sites for hydroxylation is 1. The van der Waals surface area contributed by atoms with Crippen molar-refractivity contribution in [3.05, 3.63) is 12.4 Å². The Morgan fingerprint density at radius 3 is 2.67 bits per heavy atom. The van der Waals surface area contributed by atoms with E-state index in [2.05, 4.69) is 5.10 Å². The maximum atomic E-state index is 10.7. The van der Waals surface area contributed by atoms with Crippen LogP contribution in [0.1, 0.15) is 32.6 Å². The summed E-state index contributed by atoms with van der Waals surface area (Å²) >= 11 is 0. The second-order valence-electron chi connectivity index (χ2n) is 4.04. The summed E-state index contributed by atoms with van der Waals surface area (Å²) < 4.78 is 28.6. The third kappa shape index (κ3) is 6.86. The fraction of sp³-hybridized carbons (Fsp3) is 0.727. The summed E-state index contributed by atoms with van der Waals surface area (Å²) in [5.74, 6) is 0.832. The summed E-state index contributed by atoms with van der Waals surface area (Å²) in [6.45, 7) is 3.47. The molecule has 0 spiro atoms. The van der Waals surface area contributed by atoms with Crippen LogP contribution in [-0.2, 0) is 15.6 Å². The molecule has 0 amide bonds. The number of aromatic nitrogens is 2. The molecule has 0 atom stereocenters. The first-order valence-electron chi connectivity index (χ1n) is 6.09. The summed E-state index contributed by atoms with van der Waals surface area (Å²) in [6.07, 6.45) is 6.86. The Kier molecular flexibility index (Phi) is 6.49. The second-order valence-corrected chi connectivity index (χ2v) is 6.93. The lowest BCUT2D eigenvalue weighted by molar-refractivity contribution is 0.304. The summed E-state index contributed by atoms with van der Waals surface area (Å²) in [7, 11) is 1.78. The maximum Gasteiger partial charge on any atom is 0.232 e. The fourth-order valence-electron chi connectivity index (χ4n) is 1.51. The van der Waals surface area contributed by atoms with Gasteiger partial charge in [-0.05, 0) is 19.8 Å². The minimum absolute atomic E-state index is 0.0542. The van der Waals surface area contributed by atoms with Gasteiger partial charge in [0.05, 0.1) is 24.8 Å². The molecule has 0 radical (unpaired) electrons. The zero-order valence-corrected chi connectivity index (χ0v) is 12.1. The molecule has 7 heteroatoms. The average molecular weight is 295 g/mol. The van der Waals surface area contributed by atoms with Gasteiger partial charge in [-0.3, -0.25) is 4.68 Å². The summed E-state index contributed by atoms with van der Waals surface area (Å²) in [5.41, 5.74) is 0. The highest BCUT2D eigenvalue weighted by Gasteiger charge is 2.03. The lowest BCUT2D eigenvalue weighted by atomic mass is 10.2. The van der Waals surface area contributed by atoms with Gasteiger partial charge in [-0.2, -0.15) is 5.10 Å². The van der Waals surface area contributed by atoms with Gasteiger partial charge in [0.25, 0.3) is 0 Å². The number of nitrogens with zero attached hydrogens (tertiary/aromatic N) is 2. The fourth-order valence-corrected chi connectivity index (χ4v) is 2.39. The predicted octanol–water partition coefficient (Wildman–Crippen LogP) is 2.41. The van der Waals surface area contributed by atoms with Crippen LogP contribution in [0.3, 0.4) is 0 Å². The van der Waals surface area contributed by atoms with Crippen LogP contribution in [0.15, 0.2) is 12.4 Å². The zero-order chi connectivity index (χ0) is 13.4. The van der Waals surface area contributed by atoms with Gasteiger partial charge in [-0.15, -0.1) is 0 Å². The van der Waals surface area contributed by atoms with Gasteiger partial charge in [-0.25, -0.2) is 8.42 Å². The number of rotatable bonds is 9. The molecule has 18 heavy (non-hydrogen) atoms. The SMILES string of the molecule is CCn1cc(OCCCCCCS(=O)(=O)Cl)cn1. The van der Waals surface area contributed by atoms with Crippen molar-refractivity contribution in [3.63, 3.8) is 0 Å². The lowest BCUT2D eigenvalue weighted by Gasteiger charge is -2.02. The molecule has 0 fully saturated rings. The van der Waals surface area contributed by atoms with Crippen molar-refractivity contribution < 1.29 is 13.2 Å². The summed E-state index contributed by atoms with van der Waals surface area (Å²) in [5, 5.41) is 4.10. The smallest absolute Gasteiger partial charge is 0.232 e. The minimum Gasteiger partial charge on any atom is -0.490 e. The Hall–Kier alpha value is -0.750. The molecule has 104 valence electrons. The molecular formula is C11H19ClN2O3S. The molecular weight excluding hydrogens is 276 g/mol. The molecule has 0 aliphatic rings. The zero-order valence-electron chi connectivity index (χ0n) is 10.5. The Bertz CT molecular complexity index is 445. The van der Waals surface area contributed by atoms with Crippen molar-refractivity contribution in [2.24, 2.45) is 0 Å². The molecule has 1 aromatic heterocycles. The highest BCUT2D eigenvalue weighted by molar-refractivity contribution is 8.13. The highest BCUT2D eigenvalue weighted by atomic mass is 35.7. The molecule has 0 saturated carbocycles. The van der Waals surface area contributed by atoms with Crippen LogP contribution in [0.2, 0.25) is 0 Å². The van der Waals surface area contributed by atoms with Gasteiger partial charge >= 0.3 is 0 Å². The monoisotopic (exact) mass is 294 g/mol. The molecule has 0 saturated heterocycles. The van der Waals surface area contributed by atoms with Crippen LogP contribution in [0.4, 0.5) is 0 Å². The van der Waals surface area contributed by atoms with E-state index < -0.39 is 9.05 Å². The molecule has 0 aromatic carbocycles. The standard InChI is InChI=1S/C11H19ClN2O3S/c1-2-14-10-11(9-13-14)17-7-5-3-4-6-8-18(12,15)16/h9-10H,2-8H2,1H3. The highest BCUT2D eigenvalue weighted by Crippen LogP contribution is 2.10. The van der Waals surface area contributed by atoms with Crippen molar-refractivity contribution in [2.75, 3.05) is 12.4 Å². The van der Waals surface area contributed by atoms with Gasteiger partial charge in [0, 0.05) is 17.2 Å². The van der Waals surface area contributed by atoms with Crippen molar-refractivity contribution in [1.82, 2.24) is 9.78 Å². The summed E-state index contributed by atoms with van der Waals surface area (Å²) in [6, 6.07) is 0. The molecule has 0 aliphatic carbocycles.